The standard InChI is InChI=1S/C16H17F2N3O2/c17-11-4-5-14(15(18)7-11)16(22)20-12-8-19-21(9-12)10-13-3-1-2-6-23-13/h4-5,7-9,13H,1-3,6,10H2,(H,20,22). The molecule has 1 aliphatic rings. The van der Waals surface area contributed by atoms with Crippen LogP contribution in [0.4, 0.5) is 14.5 Å². The molecule has 1 atom stereocenters. The maximum atomic E-state index is 13.6. The molecule has 1 saturated heterocycles. The van der Waals surface area contributed by atoms with E-state index in [2.05, 4.69) is 10.4 Å². The molecule has 1 aromatic carbocycles. The Labute approximate surface area is 132 Å². The van der Waals surface area contributed by atoms with E-state index in [1.54, 1.807) is 10.9 Å². The molecule has 5 nitrogen and oxygen atoms in total. The van der Waals surface area contributed by atoms with Crippen LogP contribution in [-0.2, 0) is 11.3 Å². The van der Waals surface area contributed by atoms with E-state index in [9.17, 15) is 13.6 Å². The number of nitrogens with zero attached hydrogens (tertiary/aromatic N) is 2. The summed E-state index contributed by atoms with van der Waals surface area (Å²) < 4.78 is 33.8. The highest BCUT2D eigenvalue weighted by atomic mass is 19.1. The van der Waals surface area contributed by atoms with Gasteiger partial charge in [0.1, 0.15) is 11.6 Å². The third-order valence-electron chi connectivity index (χ3n) is 3.73. The number of rotatable bonds is 4. The zero-order valence-corrected chi connectivity index (χ0v) is 12.5. The summed E-state index contributed by atoms with van der Waals surface area (Å²) in [5, 5.41) is 6.71. The van der Waals surface area contributed by atoms with Gasteiger partial charge in [0, 0.05) is 18.9 Å². The van der Waals surface area contributed by atoms with Crippen molar-refractivity contribution in [3.8, 4) is 0 Å². The number of aromatic nitrogens is 2. The fourth-order valence-corrected chi connectivity index (χ4v) is 2.56. The van der Waals surface area contributed by atoms with Crippen molar-refractivity contribution in [1.82, 2.24) is 9.78 Å². The first kappa shape index (κ1) is 15.6. The number of hydrogen-bond acceptors (Lipinski definition) is 3. The largest absolute Gasteiger partial charge is 0.376 e. The first-order chi connectivity index (χ1) is 11.1. The fourth-order valence-electron chi connectivity index (χ4n) is 2.56. The van der Waals surface area contributed by atoms with Gasteiger partial charge in [-0.25, -0.2) is 8.78 Å². The number of benzene rings is 1. The van der Waals surface area contributed by atoms with E-state index in [4.69, 9.17) is 4.74 Å². The Morgan fingerprint density at radius 1 is 1.39 bits per heavy atom. The van der Waals surface area contributed by atoms with E-state index in [0.29, 0.717) is 18.3 Å². The maximum absolute atomic E-state index is 13.6. The summed E-state index contributed by atoms with van der Waals surface area (Å²) in [7, 11) is 0. The van der Waals surface area contributed by atoms with Crippen LogP contribution in [0.25, 0.3) is 0 Å². The predicted molar refractivity (Wildman–Crippen MR) is 80.1 cm³/mol. The molecule has 0 aliphatic carbocycles. The summed E-state index contributed by atoms with van der Waals surface area (Å²) >= 11 is 0. The highest BCUT2D eigenvalue weighted by Crippen LogP contribution is 2.16. The van der Waals surface area contributed by atoms with Crippen LogP contribution in [0.5, 0.6) is 0 Å². The van der Waals surface area contributed by atoms with Crippen molar-refractivity contribution in [2.24, 2.45) is 0 Å². The average molecular weight is 321 g/mol. The third kappa shape index (κ3) is 3.92. The Morgan fingerprint density at radius 3 is 3.00 bits per heavy atom. The van der Waals surface area contributed by atoms with Crippen molar-refractivity contribution in [2.75, 3.05) is 11.9 Å². The molecule has 0 bridgehead atoms. The molecule has 1 aromatic heterocycles. The van der Waals surface area contributed by atoms with Crippen LogP contribution < -0.4 is 5.32 Å². The molecule has 2 aromatic rings. The molecule has 1 fully saturated rings. The number of nitrogens with one attached hydrogen (secondary N) is 1. The van der Waals surface area contributed by atoms with Gasteiger partial charge in [0.15, 0.2) is 0 Å². The second-order valence-electron chi connectivity index (χ2n) is 5.52. The van der Waals surface area contributed by atoms with Gasteiger partial charge in [0.25, 0.3) is 5.91 Å². The maximum Gasteiger partial charge on any atom is 0.258 e. The van der Waals surface area contributed by atoms with Crippen LogP contribution in [0, 0.1) is 11.6 Å². The smallest absolute Gasteiger partial charge is 0.258 e. The van der Waals surface area contributed by atoms with Crippen LogP contribution in [0.2, 0.25) is 0 Å². The highest BCUT2D eigenvalue weighted by molar-refractivity contribution is 6.04. The van der Waals surface area contributed by atoms with Gasteiger partial charge in [-0.1, -0.05) is 0 Å². The number of anilines is 1. The molecule has 0 spiro atoms. The van der Waals surface area contributed by atoms with E-state index in [1.807, 2.05) is 0 Å². The van der Waals surface area contributed by atoms with Crippen LogP contribution in [0.3, 0.4) is 0 Å². The number of halogens is 2. The minimum absolute atomic E-state index is 0.127. The molecule has 0 saturated carbocycles. The Balaban J connectivity index is 1.62. The minimum Gasteiger partial charge on any atom is -0.376 e. The predicted octanol–water partition coefficient (Wildman–Crippen LogP) is 2.98. The molecule has 3 rings (SSSR count). The molecular formula is C16H17F2N3O2. The van der Waals surface area contributed by atoms with Crippen molar-refractivity contribution >= 4 is 11.6 Å². The highest BCUT2D eigenvalue weighted by Gasteiger charge is 2.16. The van der Waals surface area contributed by atoms with E-state index < -0.39 is 17.5 Å². The topological polar surface area (TPSA) is 56.2 Å². The second kappa shape index (κ2) is 6.87. The van der Waals surface area contributed by atoms with Gasteiger partial charge in [-0.15, -0.1) is 0 Å². The van der Waals surface area contributed by atoms with Gasteiger partial charge in [-0.2, -0.15) is 5.10 Å². The van der Waals surface area contributed by atoms with Crippen LogP contribution >= 0.6 is 0 Å². The van der Waals surface area contributed by atoms with Crippen LogP contribution in [0.1, 0.15) is 29.6 Å². The molecule has 1 amide bonds. The Bertz CT molecular complexity index is 696. The van der Waals surface area contributed by atoms with Crippen LogP contribution in [0.15, 0.2) is 30.6 Å². The number of ether oxygens (including phenoxy) is 1. The zero-order chi connectivity index (χ0) is 16.2. The Hall–Kier alpha value is -2.28. The molecule has 2 heterocycles. The molecule has 122 valence electrons. The lowest BCUT2D eigenvalue weighted by atomic mass is 10.1. The van der Waals surface area contributed by atoms with Crippen molar-refractivity contribution in [2.45, 2.75) is 31.9 Å². The van der Waals surface area contributed by atoms with Gasteiger partial charge >= 0.3 is 0 Å². The number of carbonyl (C=O) groups excluding carboxylic acids is 1. The Morgan fingerprint density at radius 2 is 2.26 bits per heavy atom. The van der Waals surface area contributed by atoms with Gasteiger partial charge in [0.2, 0.25) is 0 Å². The third-order valence-corrected chi connectivity index (χ3v) is 3.73. The van der Waals surface area contributed by atoms with Gasteiger partial charge < -0.3 is 10.1 Å². The molecule has 1 aliphatic heterocycles. The molecular weight excluding hydrogens is 304 g/mol. The fraction of sp³-hybridized carbons (Fsp3) is 0.375. The van der Waals surface area contributed by atoms with Crippen molar-refractivity contribution in [1.29, 1.82) is 0 Å². The summed E-state index contributed by atoms with van der Waals surface area (Å²) in [6.07, 6.45) is 6.49. The summed E-state index contributed by atoms with van der Waals surface area (Å²) in [6.45, 7) is 1.38. The number of hydrogen-bond donors (Lipinski definition) is 1. The normalized spacial score (nSPS) is 17.9. The van der Waals surface area contributed by atoms with E-state index in [1.165, 1.54) is 6.20 Å². The summed E-state index contributed by atoms with van der Waals surface area (Å²) in [5.74, 6) is -2.26. The molecule has 7 heteroatoms. The van der Waals surface area contributed by atoms with E-state index >= 15 is 0 Å². The summed E-state index contributed by atoms with van der Waals surface area (Å²) in [5.41, 5.74) is 0.240. The second-order valence-corrected chi connectivity index (χ2v) is 5.52. The van der Waals surface area contributed by atoms with Crippen molar-refractivity contribution < 1.29 is 18.3 Å². The lowest BCUT2D eigenvalue weighted by Crippen LogP contribution is -2.24. The molecule has 1 unspecified atom stereocenters. The summed E-state index contributed by atoms with van der Waals surface area (Å²) in [4.78, 5) is 12.0. The average Bonchev–Trinajstić information content (AvgIpc) is 2.95. The molecule has 1 N–H and O–H groups in total. The van der Waals surface area contributed by atoms with Gasteiger partial charge in [0.05, 0.1) is 30.1 Å². The number of amides is 1. The van der Waals surface area contributed by atoms with E-state index in [-0.39, 0.29) is 11.7 Å². The van der Waals surface area contributed by atoms with Gasteiger partial charge in [-0.05, 0) is 31.4 Å². The first-order valence-corrected chi connectivity index (χ1v) is 7.52. The van der Waals surface area contributed by atoms with Gasteiger partial charge in [-0.3, -0.25) is 9.48 Å². The monoisotopic (exact) mass is 321 g/mol. The number of carbonyl (C=O) groups is 1. The van der Waals surface area contributed by atoms with Crippen LogP contribution in [-0.4, -0.2) is 28.4 Å². The zero-order valence-electron chi connectivity index (χ0n) is 12.5. The molecule has 23 heavy (non-hydrogen) atoms. The molecule has 0 radical (unpaired) electrons. The summed E-state index contributed by atoms with van der Waals surface area (Å²) in [6, 6.07) is 2.83. The lowest BCUT2D eigenvalue weighted by Gasteiger charge is -2.22. The SMILES string of the molecule is O=C(Nc1cnn(CC2CCCCO2)c1)c1ccc(F)cc1F. The van der Waals surface area contributed by atoms with Crippen molar-refractivity contribution in [3.63, 3.8) is 0 Å². The Kier molecular flexibility index (Phi) is 4.66. The minimum atomic E-state index is -0.898. The van der Waals surface area contributed by atoms with Crippen molar-refractivity contribution in [3.05, 3.63) is 47.8 Å². The quantitative estimate of drug-likeness (QED) is 0.942. The lowest BCUT2D eigenvalue weighted by molar-refractivity contribution is 0.00400. The first-order valence-electron chi connectivity index (χ1n) is 7.52. The van der Waals surface area contributed by atoms with E-state index in [0.717, 1.165) is 38.0 Å².